The number of hydrogen-bond donors (Lipinski definition) is 2. The zero-order chi connectivity index (χ0) is 17.2. The predicted molar refractivity (Wildman–Crippen MR) is 92.9 cm³/mol. The van der Waals surface area contributed by atoms with E-state index in [9.17, 15) is 4.79 Å². The summed E-state index contributed by atoms with van der Waals surface area (Å²) in [6, 6.07) is 3.95. The molecule has 0 aliphatic heterocycles. The lowest BCUT2D eigenvalue weighted by Gasteiger charge is -2.24. The molecule has 128 valence electrons. The molecule has 7 nitrogen and oxygen atoms in total. The molecule has 0 saturated carbocycles. The summed E-state index contributed by atoms with van der Waals surface area (Å²) in [6.07, 6.45) is 7.20. The summed E-state index contributed by atoms with van der Waals surface area (Å²) in [5.41, 5.74) is 3.85. The molecule has 25 heavy (non-hydrogen) atoms. The van der Waals surface area contributed by atoms with Gasteiger partial charge in [0.25, 0.3) is 0 Å². The highest BCUT2D eigenvalue weighted by molar-refractivity contribution is 5.76. The van der Waals surface area contributed by atoms with E-state index in [1.807, 2.05) is 25.3 Å². The first kappa shape index (κ1) is 15.7. The van der Waals surface area contributed by atoms with E-state index in [0.717, 1.165) is 47.7 Å². The molecule has 3 aromatic rings. The Morgan fingerprint density at radius 2 is 2.28 bits per heavy atom. The lowest BCUT2D eigenvalue weighted by molar-refractivity contribution is -0.121. The van der Waals surface area contributed by atoms with Crippen LogP contribution in [0.2, 0.25) is 0 Å². The first-order valence-corrected chi connectivity index (χ1v) is 8.58. The molecule has 0 spiro atoms. The standard InChI is InChI=1S/C18H20N6O/c1-11-20-10-12-9-13(4-5-14(12)21-11)22-17(25)7-6-16-23-15-3-2-8-19-18(15)24-16/h2-3,8,10,13H,4-7,9H2,1H3,(H,22,25)(H,19,23,24). The first-order chi connectivity index (χ1) is 12.2. The molecule has 1 aliphatic carbocycles. The van der Waals surface area contributed by atoms with Crippen molar-refractivity contribution in [2.75, 3.05) is 0 Å². The van der Waals surface area contributed by atoms with Gasteiger partial charge in [-0.15, -0.1) is 0 Å². The number of pyridine rings is 1. The van der Waals surface area contributed by atoms with E-state index in [0.29, 0.717) is 18.5 Å². The second-order valence-electron chi connectivity index (χ2n) is 6.45. The molecule has 0 radical (unpaired) electrons. The Labute approximate surface area is 145 Å². The molecule has 0 bridgehead atoms. The molecule has 0 saturated heterocycles. The number of H-pyrrole nitrogens is 1. The average molecular weight is 336 g/mol. The second kappa shape index (κ2) is 6.58. The van der Waals surface area contributed by atoms with E-state index in [4.69, 9.17) is 0 Å². The molecule has 1 unspecified atom stereocenters. The third-order valence-corrected chi connectivity index (χ3v) is 4.53. The Hall–Kier alpha value is -2.83. The Kier molecular flexibility index (Phi) is 4.13. The lowest BCUT2D eigenvalue weighted by Crippen LogP contribution is -2.39. The van der Waals surface area contributed by atoms with Crippen molar-refractivity contribution in [2.24, 2.45) is 0 Å². The summed E-state index contributed by atoms with van der Waals surface area (Å²) in [6.45, 7) is 1.90. The molecule has 1 atom stereocenters. The maximum Gasteiger partial charge on any atom is 0.220 e. The minimum Gasteiger partial charge on any atom is -0.353 e. The predicted octanol–water partition coefficient (Wildman–Crippen LogP) is 1.66. The quantitative estimate of drug-likeness (QED) is 0.755. The third kappa shape index (κ3) is 3.50. The topological polar surface area (TPSA) is 96.5 Å². The van der Waals surface area contributed by atoms with Crippen LogP contribution < -0.4 is 5.32 Å². The molecule has 0 aromatic carbocycles. The number of amides is 1. The van der Waals surface area contributed by atoms with Crippen molar-refractivity contribution in [1.82, 2.24) is 30.2 Å². The van der Waals surface area contributed by atoms with E-state index >= 15 is 0 Å². The summed E-state index contributed by atoms with van der Waals surface area (Å²) >= 11 is 0. The number of aromatic nitrogens is 5. The number of carbonyl (C=O) groups excluding carboxylic acids is 1. The fourth-order valence-corrected chi connectivity index (χ4v) is 3.28. The highest BCUT2D eigenvalue weighted by Crippen LogP contribution is 2.19. The Balaban J connectivity index is 1.32. The van der Waals surface area contributed by atoms with Crippen molar-refractivity contribution in [3.8, 4) is 0 Å². The van der Waals surface area contributed by atoms with Crippen molar-refractivity contribution in [3.63, 3.8) is 0 Å². The SMILES string of the molecule is Cc1ncc2c(n1)CCC(NC(=O)CCc1nc3ncccc3[nH]1)C2. The Bertz CT molecular complexity index is 886. The summed E-state index contributed by atoms with van der Waals surface area (Å²) < 4.78 is 0. The lowest BCUT2D eigenvalue weighted by atomic mass is 9.92. The smallest absolute Gasteiger partial charge is 0.220 e. The largest absolute Gasteiger partial charge is 0.353 e. The molecule has 7 heteroatoms. The minimum atomic E-state index is 0.0508. The fourth-order valence-electron chi connectivity index (χ4n) is 3.28. The van der Waals surface area contributed by atoms with Gasteiger partial charge in [0.05, 0.1) is 5.52 Å². The number of nitrogens with one attached hydrogen (secondary N) is 2. The Morgan fingerprint density at radius 1 is 1.36 bits per heavy atom. The van der Waals surface area contributed by atoms with Crippen LogP contribution in [0.3, 0.4) is 0 Å². The zero-order valence-corrected chi connectivity index (χ0v) is 14.1. The van der Waals surface area contributed by atoms with Crippen LogP contribution in [0, 0.1) is 6.92 Å². The number of aromatic amines is 1. The molecular formula is C18H20N6O. The van der Waals surface area contributed by atoms with Crippen molar-refractivity contribution in [1.29, 1.82) is 0 Å². The minimum absolute atomic E-state index is 0.0508. The van der Waals surface area contributed by atoms with Crippen LogP contribution in [0.25, 0.3) is 11.2 Å². The van der Waals surface area contributed by atoms with Gasteiger partial charge >= 0.3 is 0 Å². The van der Waals surface area contributed by atoms with Gasteiger partial charge in [-0.05, 0) is 43.9 Å². The molecule has 0 fully saturated rings. The number of fused-ring (bicyclic) bond motifs is 2. The van der Waals surface area contributed by atoms with Crippen LogP contribution in [0.4, 0.5) is 0 Å². The van der Waals surface area contributed by atoms with Crippen molar-refractivity contribution >= 4 is 17.1 Å². The van der Waals surface area contributed by atoms with Crippen molar-refractivity contribution in [3.05, 3.63) is 47.4 Å². The molecule has 4 rings (SSSR count). The van der Waals surface area contributed by atoms with E-state index in [2.05, 4.69) is 30.2 Å². The van der Waals surface area contributed by atoms with Crippen LogP contribution in [0.1, 0.15) is 35.7 Å². The van der Waals surface area contributed by atoms with Crippen LogP contribution in [0.5, 0.6) is 0 Å². The van der Waals surface area contributed by atoms with Crippen molar-refractivity contribution < 1.29 is 4.79 Å². The molecule has 2 N–H and O–H groups in total. The number of hydrogen-bond acceptors (Lipinski definition) is 5. The maximum absolute atomic E-state index is 12.3. The number of rotatable bonds is 4. The van der Waals surface area contributed by atoms with Crippen LogP contribution in [-0.2, 0) is 24.1 Å². The van der Waals surface area contributed by atoms with Gasteiger partial charge in [-0.25, -0.2) is 19.9 Å². The second-order valence-corrected chi connectivity index (χ2v) is 6.45. The highest BCUT2D eigenvalue weighted by atomic mass is 16.1. The van der Waals surface area contributed by atoms with Gasteiger partial charge in [0.1, 0.15) is 11.6 Å². The summed E-state index contributed by atoms with van der Waals surface area (Å²) in [5, 5.41) is 3.13. The summed E-state index contributed by atoms with van der Waals surface area (Å²) in [7, 11) is 0. The highest BCUT2D eigenvalue weighted by Gasteiger charge is 2.21. The molecule has 1 aliphatic rings. The van der Waals surface area contributed by atoms with Gasteiger partial charge in [0.15, 0.2) is 5.65 Å². The van der Waals surface area contributed by atoms with E-state index in [1.54, 1.807) is 6.20 Å². The first-order valence-electron chi connectivity index (χ1n) is 8.58. The molecule has 3 heterocycles. The van der Waals surface area contributed by atoms with Gasteiger partial charge in [-0.1, -0.05) is 0 Å². The molecular weight excluding hydrogens is 316 g/mol. The molecule has 3 aromatic heterocycles. The maximum atomic E-state index is 12.3. The Morgan fingerprint density at radius 3 is 3.16 bits per heavy atom. The normalized spacial score (nSPS) is 16.6. The van der Waals surface area contributed by atoms with Gasteiger partial charge in [-0.3, -0.25) is 4.79 Å². The van der Waals surface area contributed by atoms with Gasteiger partial charge in [0.2, 0.25) is 5.91 Å². The van der Waals surface area contributed by atoms with Gasteiger partial charge < -0.3 is 10.3 Å². The van der Waals surface area contributed by atoms with Crippen molar-refractivity contribution in [2.45, 2.75) is 45.1 Å². The van der Waals surface area contributed by atoms with E-state index < -0.39 is 0 Å². The van der Waals surface area contributed by atoms with Gasteiger partial charge in [0, 0.05) is 37.0 Å². The third-order valence-electron chi connectivity index (χ3n) is 4.53. The van der Waals surface area contributed by atoms with Gasteiger partial charge in [-0.2, -0.15) is 0 Å². The van der Waals surface area contributed by atoms with E-state index in [-0.39, 0.29) is 11.9 Å². The number of carbonyl (C=O) groups is 1. The number of nitrogens with zero attached hydrogens (tertiary/aromatic N) is 4. The van der Waals surface area contributed by atoms with Crippen LogP contribution in [-0.4, -0.2) is 36.9 Å². The average Bonchev–Trinajstić information content (AvgIpc) is 3.03. The summed E-state index contributed by atoms with van der Waals surface area (Å²) in [5.74, 6) is 1.65. The summed E-state index contributed by atoms with van der Waals surface area (Å²) in [4.78, 5) is 32.8. The zero-order valence-electron chi connectivity index (χ0n) is 14.1. The monoisotopic (exact) mass is 336 g/mol. The van der Waals surface area contributed by atoms with Crippen LogP contribution in [0.15, 0.2) is 24.5 Å². The van der Waals surface area contributed by atoms with E-state index in [1.165, 1.54) is 0 Å². The fraction of sp³-hybridized carbons (Fsp3) is 0.389. The van der Waals surface area contributed by atoms with Crippen LogP contribution >= 0.6 is 0 Å². The molecule has 1 amide bonds. The number of imidazole rings is 1. The number of aryl methyl sites for hydroxylation is 3.